The first-order valence-corrected chi connectivity index (χ1v) is 9.30. The topological polar surface area (TPSA) is 72.0 Å². The number of carbonyl (C=O) groups is 1. The summed E-state index contributed by atoms with van der Waals surface area (Å²) in [7, 11) is 0. The Labute approximate surface area is 152 Å². The molecule has 2 aromatic heterocycles. The Morgan fingerprint density at radius 2 is 2.19 bits per heavy atom. The fraction of sp³-hybridized carbons (Fsp3) is 0.381. The predicted molar refractivity (Wildman–Crippen MR) is 99.2 cm³/mol. The number of aryl methyl sites for hydroxylation is 2. The highest BCUT2D eigenvalue weighted by Gasteiger charge is 2.27. The molecule has 1 aromatic carbocycles. The number of fused-ring (bicyclic) bond motifs is 3. The van der Waals surface area contributed by atoms with Gasteiger partial charge in [-0.3, -0.25) is 4.79 Å². The number of hydrogen-bond acceptors (Lipinski definition) is 3. The van der Waals surface area contributed by atoms with Crippen molar-refractivity contribution in [2.75, 3.05) is 6.54 Å². The minimum Gasteiger partial charge on any atom is -0.463 e. The van der Waals surface area contributed by atoms with E-state index in [1.54, 1.807) is 6.26 Å². The average molecular weight is 353 g/mol. The first-order valence-electron chi connectivity index (χ1n) is 9.30. The van der Waals surface area contributed by atoms with Crippen molar-refractivity contribution < 1.29 is 19.6 Å². The standard InChI is InChI=1S/C21H24N2O3/c1-14-7-8-19-18(10-14)17-5-2-6-20(25)21(17)23(19)13-15(24)11-22-12-16-4-3-9-26-16/h3-4,7-10,15,22,24H,2,5-6,11-13H2,1H3/p+1/t15-/m1/s1. The van der Waals surface area contributed by atoms with Crippen LogP contribution in [-0.4, -0.2) is 28.1 Å². The molecule has 5 heteroatoms. The van der Waals surface area contributed by atoms with Crippen molar-refractivity contribution in [2.45, 2.75) is 45.4 Å². The average Bonchev–Trinajstić information content (AvgIpc) is 3.23. The molecule has 0 amide bonds. The molecule has 0 saturated heterocycles. The van der Waals surface area contributed by atoms with Crippen LogP contribution in [0.4, 0.5) is 0 Å². The molecule has 0 fully saturated rings. The number of carbonyl (C=O) groups excluding carboxylic acids is 1. The van der Waals surface area contributed by atoms with E-state index in [0.717, 1.165) is 35.4 Å². The number of nitrogens with two attached hydrogens (primary N) is 1. The highest BCUT2D eigenvalue weighted by Crippen LogP contribution is 2.33. The van der Waals surface area contributed by atoms with Crippen LogP contribution in [0.1, 0.15) is 40.2 Å². The summed E-state index contributed by atoms with van der Waals surface area (Å²) in [6.45, 7) is 3.78. The van der Waals surface area contributed by atoms with Gasteiger partial charge in [-0.1, -0.05) is 11.6 Å². The molecular weight excluding hydrogens is 328 g/mol. The maximum Gasteiger partial charge on any atom is 0.179 e. The zero-order chi connectivity index (χ0) is 18.1. The van der Waals surface area contributed by atoms with Gasteiger partial charge in [0, 0.05) is 17.3 Å². The second kappa shape index (κ2) is 7.09. The molecule has 2 heterocycles. The molecule has 0 aliphatic heterocycles. The largest absolute Gasteiger partial charge is 0.463 e. The van der Waals surface area contributed by atoms with Crippen LogP contribution < -0.4 is 5.32 Å². The van der Waals surface area contributed by atoms with Gasteiger partial charge in [0.1, 0.15) is 19.2 Å². The minimum absolute atomic E-state index is 0.201. The van der Waals surface area contributed by atoms with Crippen LogP contribution in [-0.2, 0) is 19.5 Å². The maximum absolute atomic E-state index is 12.6. The Bertz CT molecular complexity index is 925. The van der Waals surface area contributed by atoms with Crippen LogP contribution >= 0.6 is 0 Å². The number of rotatable bonds is 6. The summed E-state index contributed by atoms with van der Waals surface area (Å²) >= 11 is 0. The number of ketones is 1. The molecule has 1 atom stereocenters. The number of quaternary nitrogens is 1. The van der Waals surface area contributed by atoms with E-state index >= 15 is 0 Å². The van der Waals surface area contributed by atoms with Crippen molar-refractivity contribution in [3.63, 3.8) is 0 Å². The first-order chi connectivity index (χ1) is 12.6. The number of hydrogen-bond donors (Lipinski definition) is 2. The van der Waals surface area contributed by atoms with Gasteiger partial charge in [0.05, 0.1) is 18.5 Å². The maximum atomic E-state index is 12.6. The summed E-state index contributed by atoms with van der Waals surface area (Å²) in [6, 6.07) is 10.1. The van der Waals surface area contributed by atoms with Crippen LogP contribution in [0.3, 0.4) is 0 Å². The normalized spacial score (nSPS) is 15.4. The summed E-state index contributed by atoms with van der Waals surface area (Å²) in [4.78, 5) is 12.6. The van der Waals surface area contributed by atoms with Crippen molar-refractivity contribution in [2.24, 2.45) is 0 Å². The molecule has 0 spiro atoms. The molecule has 136 valence electrons. The van der Waals surface area contributed by atoms with Gasteiger partial charge in [-0.05, 0) is 49.6 Å². The number of furan rings is 1. The molecule has 0 radical (unpaired) electrons. The van der Waals surface area contributed by atoms with Gasteiger partial charge in [-0.15, -0.1) is 0 Å². The van der Waals surface area contributed by atoms with Crippen LogP contribution in [0.5, 0.6) is 0 Å². The smallest absolute Gasteiger partial charge is 0.179 e. The van der Waals surface area contributed by atoms with Crippen LogP contribution in [0, 0.1) is 6.92 Å². The van der Waals surface area contributed by atoms with Crippen LogP contribution in [0.25, 0.3) is 10.9 Å². The van der Waals surface area contributed by atoms with E-state index in [9.17, 15) is 9.90 Å². The third-order valence-electron chi connectivity index (χ3n) is 5.18. The van der Waals surface area contributed by atoms with Crippen molar-refractivity contribution >= 4 is 16.7 Å². The first kappa shape index (κ1) is 17.1. The van der Waals surface area contributed by atoms with Gasteiger partial charge >= 0.3 is 0 Å². The number of Topliss-reactive ketones (excluding diaryl/α,β-unsaturated/α-hetero) is 1. The Balaban J connectivity index is 1.57. The quantitative estimate of drug-likeness (QED) is 0.713. The predicted octanol–water partition coefficient (Wildman–Crippen LogP) is 2.19. The monoisotopic (exact) mass is 353 g/mol. The van der Waals surface area contributed by atoms with E-state index in [0.29, 0.717) is 26.1 Å². The van der Waals surface area contributed by atoms with Crippen molar-refractivity contribution in [1.82, 2.24) is 4.57 Å². The van der Waals surface area contributed by atoms with E-state index in [4.69, 9.17) is 4.42 Å². The second-order valence-corrected chi connectivity index (χ2v) is 7.20. The molecule has 3 aromatic rings. The molecule has 5 nitrogen and oxygen atoms in total. The van der Waals surface area contributed by atoms with E-state index in [-0.39, 0.29) is 5.78 Å². The molecular formula is C21H25N2O3+. The second-order valence-electron chi connectivity index (χ2n) is 7.20. The molecule has 3 N–H and O–H groups in total. The fourth-order valence-electron chi connectivity index (χ4n) is 3.98. The Hall–Kier alpha value is -2.37. The fourth-order valence-corrected chi connectivity index (χ4v) is 3.98. The third-order valence-corrected chi connectivity index (χ3v) is 5.18. The highest BCUT2D eigenvalue weighted by molar-refractivity contribution is 6.04. The number of aliphatic hydroxyl groups is 1. The van der Waals surface area contributed by atoms with Crippen LogP contribution in [0.2, 0.25) is 0 Å². The van der Waals surface area contributed by atoms with Crippen molar-refractivity contribution in [1.29, 1.82) is 0 Å². The number of nitrogens with zero attached hydrogens (tertiary/aromatic N) is 1. The van der Waals surface area contributed by atoms with Gasteiger partial charge in [-0.25, -0.2) is 0 Å². The molecule has 0 bridgehead atoms. The number of aromatic nitrogens is 1. The lowest BCUT2D eigenvalue weighted by atomic mass is 9.94. The van der Waals surface area contributed by atoms with Gasteiger partial charge in [0.25, 0.3) is 0 Å². The lowest BCUT2D eigenvalue weighted by Crippen LogP contribution is -2.85. The van der Waals surface area contributed by atoms with Gasteiger partial charge < -0.3 is 19.4 Å². The molecule has 1 aliphatic carbocycles. The van der Waals surface area contributed by atoms with E-state index < -0.39 is 6.10 Å². The molecule has 0 unspecified atom stereocenters. The SMILES string of the molecule is Cc1ccc2c(c1)c1c(n2C[C@H](O)C[NH2+]Cc2ccco2)C(=O)CCC1. The summed E-state index contributed by atoms with van der Waals surface area (Å²) < 4.78 is 7.35. The summed E-state index contributed by atoms with van der Waals surface area (Å²) in [5, 5.41) is 13.8. The van der Waals surface area contributed by atoms with Crippen LogP contribution in [0.15, 0.2) is 41.0 Å². The molecule has 26 heavy (non-hydrogen) atoms. The Morgan fingerprint density at radius 3 is 3.00 bits per heavy atom. The van der Waals surface area contributed by atoms with E-state index in [1.807, 2.05) is 22.0 Å². The van der Waals surface area contributed by atoms with Gasteiger partial charge in [-0.2, -0.15) is 0 Å². The van der Waals surface area contributed by atoms with E-state index in [1.165, 1.54) is 10.9 Å². The summed E-state index contributed by atoms with van der Waals surface area (Å²) in [6.07, 6.45) is 3.59. The lowest BCUT2D eigenvalue weighted by molar-refractivity contribution is -0.678. The number of benzene rings is 1. The minimum atomic E-state index is -0.527. The zero-order valence-electron chi connectivity index (χ0n) is 15.1. The summed E-state index contributed by atoms with van der Waals surface area (Å²) in [5.41, 5.74) is 4.22. The third kappa shape index (κ3) is 3.20. The Morgan fingerprint density at radius 1 is 1.31 bits per heavy atom. The van der Waals surface area contributed by atoms with Gasteiger partial charge in [0.15, 0.2) is 11.5 Å². The van der Waals surface area contributed by atoms with Gasteiger partial charge in [0.2, 0.25) is 0 Å². The van der Waals surface area contributed by atoms with Crippen molar-refractivity contribution in [3.05, 3.63) is 59.2 Å². The number of aliphatic hydroxyl groups excluding tert-OH is 1. The summed E-state index contributed by atoms with van der Waals surface area (Å²) in [5.74, 6) is 1.10. The van der Waals surface area contributed by atoms with Crippen molar-refractivity contribution in [3.8, 4) is 0 Å². The Kier molecular flexibility index (Phi) is 4.66. The molecule has 1 aliphatic rings. The zero-order valence-corrected chi connectivity index (χ0v) is 15.1. The van der Waals surface area contributed by atoms with E-state index in [2.05, 4.69) is 25.1 Å². The molecule has 4 rings (SSSR count). The highest BCUT2D eigenvalue weighted by atomic mass is 16.3. The molecule has 0 saturated carbocycles. The lowest BCUT2D eigenvalue weighted by Gasteiger charge is -2.17.